The maximum absolute atomic E-state index is 12.9. The summed E-state index contributed by atoms with van der Waals surface area (Å²) in [7, 11) is 1.94. The summed E-state index contributed by atoms with van der Waals surface area (Å²) < 4.78 is 0. The number of nitrogens with one attached hydrogen (secondary N) is 1. The van der Waals surface area contributed by atoms with Crippen molar-refractivity contribution in [3.05, 3.63) is 58.8 Å². The Bertz CT molecular complexity index is 990. The Labute approximate surface area is 168 Å². The lowest BCUT2D eigenvalue weighted by Crippen LogP contribution is -2.52. The average molecular weight is 393 g/mol. The number of fused-ring (bicyclic) bond motifs is 1. The van der Waals surface area contributed by atoms with Crippen molar-refractivity contribution in [1.82, 2.24) is 15.2 Å². The van der Waals surface area contributed by atoms with Gasteiger partial charge in [0.1, 0.15) is 11.9 Å². The minimum Gasteiger partial charge on any atom is -0.355 e. The lowest BCUT2D eigenvalue weighted by Gasteiger charge is -2.29. The lowest BCUT2D eigenvalue weighted by molar-refractivity contribution is -0.136. The van der Waals surface area contributed by atoms with Gasteiger partial charge in [-0.15, -0.1) is 0 Å². The lowest BCUT2D eigenvalue weighted by atomic mass is 10.0. The smallest absolute Gasteiger partial charge is 0.255 e. The molecule has 2 aliphatic heterocycles. The van der Waals surface area contributed by atoms with Crippen molar-refractivity contribution in [3.63, 3.8) is 0 Å². The number of carbonyl (C=O) groups excluding carboxylic acids is 3. The molecule has 4 rings (SSSR count). The van der Waals surface area contributed by atoms with Crippen LogP contribution in [0.15, 0.2) is 36.5 Å². The molecule has 3 heterocycles. The Morgan fingerprint density at radius 3 is 2.79 bits per heavy atom. The van der Waals surface area contributed by atoms with Crippen LogP contribution in [-0.2, 0) is 29.2 Å². The molecule has 8 heteroatoms. The van der Waals surface area contributed by atoms with Crippen LogP contribution in [0.25, 0.3) is 0 Å². The molecule has 1 saturated heterocycles. The second-order valence-electron chi connectivity index (χ2n) is 7.47. The number of benzene rings is 1. The number of hydrogen-bond donors (Lipinski definition) is 2. The van der Waals surface area contributed by atoms with Crippen molar-refractivity contribution in [1.29, 1.82) is 0 Å². The Morgan fingerprint density at radius 1 is 1.21 bits per heavy atom. The molecule has 1 atom stereocenters. The maximum Gasteiger partial charge on any atom is 0.255 e. The van der Waals surface area contributed by atoms with Crippen molar-refractivity contribution >= 4 is 23.5 Å². The van der Waals surface area contributed by atoms with Gasteiger partial charge < -0.3 is 15.5 Å². The van der Waals surface area contributed by atoms with E-state index in [1.165, 1.54) is 0 Å². The van der Waals surface area contributed by atoms with Crippen LogP contribution in [0, 0.1) is 0 Å². The molecule has 150 valence electrons. The summed E-state index contributed by atoms with van der Waals surface area (Å²) >= 11 is 0. The van der Waals surface area contributed by atoms with Crippen LogP contribution in [-0.4, -0.2) is 40.7 Å². The summed E-state index contributed by atoms with van der Waals surface area (Å²) in [6.45, 7) is 1.42. The second kappa shape index (κ2) is 7.63. The van der Waals surface area contributed by atoms with Crippen LogP contribution in [0.1, 0.15) is 39.9 Å². The zero-order valence-corrected chi connectivity index (χ0v) is 16.2. The van der Waals surface area contributed by atoms with E-state index in [2.05, 4.69) is 10.3 Å². The Balaban J connectivity index is 1.50. The molecule has 1 aromatic heterocycles. The highest BCUT2D eigenvalue weighted by atomic mass is 16.2. The zero-order valence-electron chi connectivity index (χ0n) is 16.2. The first-order valence-electron chi connectivity index (χ1n) is 9.59. The van der Waals surface area contributed by atoms with Crippen LogP contribution >= 0.6 is 0 Å². The third kappa shape index (κ3) is 3.71. The fraction of sp³-hybridized carbons (Fsp3) is 0.333. The third-order valence-electron chi connectivity index (χ3n) is 5.45. The molecule has 1 aromatic carbocycles. The molecular formula is C21H23N5O3. The van der Waals surface area contributed by atoms with Crippen molar-refractivity contribution in [2.45, 2.75) is 38.5 Å². The fourth-order valence-electron chi connectivity index (χ4n) is 3.85. The molecule has 29 heavy (non-hydrogen) atoms. The molecule has 8 nitrogen and oxygen atoms in total. The van der Waals surface area contributed by atoms with Crippen LogP contribution < -0.4 is 16.0 Å². The van der Waals surface area contributed by atoms with Gasteiger partial charge in [0.05, 0.1) is 0 Å². The van der Waals surface area contributed by atoms with Gasteiger partial charge in [0.2, 0.25) is 11.8 Å². The molecule has 0 bridgehead atoms. The zero-order chi connectivity index (χ0) is 20.5. The molecule has 2 aromatic rings. The molecule has 3 amide bonds. The van der Waals surface area contributed by atoms with Gasteiger partial charge in [0.25, 0.3) is 5.91 Å². The Hall–Kier alpha value is -3.26. The number of nitrogens with two attached hydrogens (primary N) is 1. The van der Waals surface area contributed by atoms with E-state index in [4.69, 9.17) is 5.73 Å². The maximum atomic E-state index is 12.9. The molecule has 1 fully saturated rings. The van der Waals surface area contributed by atoms with Crippen molar-refractivity contribution in [2.24, 2.45) is 5.73 Å². The van der Waals surface area contributed by atoms with Crippen molar-refractivity contribution in [3.8, 4) is 0 Å². The molecule has 0 radical (unpaired) electrons. The van der Waals surface area contributed by atoms with E-state index < -0.39 is 11.9 Å². The first-order valence-corrected chi connectivity index (χ1v) is 9.59. The number of carbonyl (C=O) groups is 3. The van der Waals surface area contributed by atoms with Gasteiger partial charge in [-0.3, -0.25) is 19.7 Å². The number of nitrogens with zero attached hydrogens (tertiary/aromatic N) is 3. The summed E-state index contributed by atoms with van der Waals surface area (Å²) in [6.07, 6.45) is 2.35. The molecule has 3 N–H and O–H groups in total. The predicted molar refractivity (Wildman–Crippen MR) is 107 cm³/mol. The largest absolute Gasteiger partial charge is 0.355 e. The van der Waals surface area contributed by atoms with Crippen molar-refractivity contribution < 1.29 is 14.4 Å². The topological polar surface area (TPSA) is 109 Å². The van der Waals surface area contributed by atoms with Gasteiger partial charge in [-0.05, 0) is 41.3 Å². The van der Waals surface area contributed by atoms with Gasteiger partial charge in [0, 0.05) is 44.9 Å². The fourth-order valence-corrected chi connectivity index (χ4v) is 3.85. The number of anilines is 1. The van der Waals surface area contributed by atoms with E-state index in [0.29, 0.717) is 31.6 Å². The first kappa shape index (κ1) is 19.1. The van der Waals surface area contributed by atoms with Gasteiger partial charge >= 0.3 is 0 Å². The molecule has 0 aliphatic carbocycles. The van der Waals surface area contributed by atoms with Crippen molar-refractivity contribution in [2.75, 3.05) is 11.9 Å². The summed E-state index contributed by atoms with van der Waals surface area (Å²) in [6, 6.07) is 9.04. The Kier molecular flexibility index (Phi) is 5.02. The summed E-state index contributed by atoms with van der Waals surface area (Å²) in [5.41, 5.74) is 9.20. The standard InChI is InChI=1S/C21H23N5O3/c1-25(18-9-13(10-22)6-7-23-18)11-14-2-3-15-12-26(21(29)16(15)8-14)17-4-5-19(27)24-20(17)28/h2-3,6-9,17H,4-5,10-12,22H2,1H3,(H,24,27,28). The number of imide groups is 1. The quantitative estimate of drug-likeness (QED) is 0.732. The number of hydrogen-bond acceptors (Lipinski definition) is 6. The number of pyridine rings is 1. The number of aromatic nitrogens is 1. The molecule has 0 spiro atoms. The van der Waals surface area contributed by atoms with E-state index in [1.807, 2.05) is 42.3 Å². The summed E-state index contributed by atoms with van der Waals surface area (Å²) in [4.78, 5) is 44.4. The highest BCUT2D eigenvalue weighted by molar-refractivity contribution is 6.05. The minimum atomic E-state index is -0.595. The van der Waals surface area contributed by atoms with E-state index in [9.17, 15) is 14.4 Å². The highest BCUT2D eigenvalue weighted by Crippen LogP contribution is 2.28. The van der Waals surface area contributed by atoms with Gasteiger partial charge in [-0.1, -0.05) is 12.1 Å². The van der Waals surface area contributed by atoms with E-state index in [1.54, 1.807) is 11.1 Å². The SMILES string of the molecule is CN(Cc1ccc2c(c1)C(=O)N(C1CCC(=O)NC1=O)C2)c1cc(CN)ccn1. The molecule has 1 unspecified atom stereocenters. The minimum absolute atomic E-state index is 0.165. The second-order valence-corrected chi connectivity index (χ2v) is 7.47. The van der Waals surface area contributed by atoms with Crippen LogP contribution in [0.4, 0.5) is 5.82 Å². The van der Waals surface area contributed by atoms with Gasteiger partial charge in [-0.25, -0.2) is 4.98 Å². The predicted octanol–water partition coefficient (Wildman–Crippen LogP) is 0.938. The van der Waals surface area contributed by atoms with E-state index in [0.717, 1.165) is 22.5 Å². The van der Waals surface area contributed by atoms with E-state index >= 15 is 0 Å². The summed E-state index contributed by atoms with van der Waals surface area (Å²) in [5, 5.41) is 2.32. The molecular weight excluding hydrogens is 370 g/mol. The average Bonchev–Trinajstić information content (AvgIpc) is 3.04. The monoisotopic (exact) mass is 393 g/mol. The first-order chi connectivity index (χ1) is 14.0. The van der Waals surface area contributed by atoms with Gasteiger partial charge in [0.15, 0.2) is 0 Å². The number of piperidine rings is 1. The number of rotatable bonds is 5. The highest BCUT2D eigenvalue weighted by Gasteiger charge is 2.39. The number of amides is 3. The van der Waals surface area contributed by atoms with Crippen LogP contribution in [0.2, 0.25) is 0 Å². The Morgan fingerprint density at radius 2 is 2.03 bits per heavy atom. The third-order valence-corrected chi connectivity index (χ3v) is 5.45. The van der Waals surface area contributed by atoms with Crippen LogP contribution in [0.5, 0.6) is 0 Å². The molecule has 0 saturated carbocycles. The van der Waals surface area contributed by atoms with E-state index in [-0.39, 0.29) is 18.2 Å². The summed E-state index contributed by atoms with van der Waals surface area (Å²) in [5.74, 6) is -0.0338. The molecule has 2 aliphatic rings. The van der Waals surface area contributed by atoms with Gasteiger partial charge in [-0.2, -0.15) is 0 Å². The van der Waals surface area contributed by atoms with Crippen LogP contribution in [0.3, 0.4) is 0 Å². The normalized spacial score (nSPS) is 18.6.